The van der Waals surface area contributed by atoms with E-state index in [-0.39, 0.29) is 29.1 Å². The number of primary sulfonamides is 1. The van der Waals surface area contributed by atoms with Crippen molar-refractivity contribution in [2.24, 2.45) is 5.14 Å². The van der Waals surface area contributed by atoms with E-state index in [1.54, 1.807) is 49.5 Å². The summed E-state index contributed by atoms with van der Waals surface area (Å²) in [6, 6.07) is 16.3. The molecule has 3 aromatic rings. The second-order valence-electron chi connectivity index (χ2n) is 7.15. The van der Waals surface area contributed by atoms with Gasteiger partial charge in [0.05, 0.1) is 11.2 Å². The summed E-state index contributed by atoms with van der Waals surface area (Å²) in [4.78, 5) is 26.0. The van der Waals surface area contributed by atoms with Crippen molar-refractivity contribution in [1.82, 2.24) is 10.2 Å². The molecule has 0 unspecified atom stereocenters. The Bertz CT molecular complexity index is 1180. The molecule has 0 aliphatic heterocycles. The van der Waals surface area contributed by atoms with Gasteiger partial charge in [-0.2, -0.15) is 0 Å². The monoisotopic (exact) mass is 456 g/mol. The van der Waals surface area contributed by atoms with Crippen molar-refractivity contribution in [3.63, 3.8) is 0 Å². The van der Waals surface area contributed by atoms with Crippen molar-refractivity contribution in [3.05, 3.63) is 83.8 Å². The zero-order valence-electron chi connectivity index (χ0n) is 17.4. The minimum absolute atomic E-state index is 0.0509. The highest BCUT2D eigenvalue weighted by molar-refractivity contribution is 7.89. The highest BCUT2D eigenvalue weighted by Crippen LogP contribution is 2.13. The molecular weight excluding hydrogens is 432 g/mol. The summed E-state index contributed by atoms with van der Waals surface area (Å²) in [7, 11) is -2.05. The Balaban J connectivity index is 1.48. The normalized spacial score (nSPS) is 11.1. The Morgan fingerprint density at radius 1 is 1.03 bits per heavy atom. The van der Waals surface area contributed by atoms with Gasteiger partial charge in [-0.3, -0.25) is 4.79 Å². The summed E-state index contributed by atoms with van der Waals surface area (Å²) in [5.41, 5.74) is 2.30. The Morgan fingerprint density at radius 2 is 1.78 bits per heavy atom. The number of nitrogens with one attached hydrogen (secondary N) is 2. The second kappa shape index (κ2) is 10.1. The van der Waals surface area contributed by atoms with Crippen molar-refractivity contribution in [1.29, 1.82) is 0 Å². The van der Waals surface area contributed by atoms with Gasteiger partial charge in [0.1, 0.15) is 0 Å². The number of likely N-dealkylation sites (N-methyl/N-ethyl adjacent to an activating group) is 1. The number of carbonyl (C=O) groups excluding carboxylic acids is 2. The Morgan fingerprint density at radius 3 is 2.44 bits per heavy atom. The first-order valence-electron chi connectivity index (χ1n) is 9.77. The summed E-state index contributed by atoms with van der Waals surface area (Å²) in [6.07, 6.45) is 1.99. The number of sulfonamides is 1. The lowest BCUT2D eigenvalue weighted by Crippen LogP contribution is -2.38. The molecule has 0 spiro atoms. The van der Waals surface area contributed by atoms with E-state index in [2.05, 4.69) is 10.6 Å². The van der Waals surface area contributed by atoms with E-state index in [0.717, 1.165) is 11.1 Å². The van der Waals surface area contributed by atoms with E-state index in [4.69, 9.17) is 9.56 Å². The maximum atomic E-state index is 12.4. The molecule has 0 aliphatic carbocycles. The number of benzene rings is 2. The number of nitrogens with zero attached hydrogens (tertiary/aromatic N) is 1. The number of nitrogens with two attached hydrogens (primary N) is 1. The molecule has 0 atom stereocenters. The Kier molecular flexibility index (Phi) is 7.29. The van der Waals surface area contributed by atoms with Crippen LogP contribution >= 0.6 is 0 Å². The van der Waals surface area contributed by atoms with E-state index in [1.807, 2.05) is 6.07 Å². The first kappa shape index (κ1) is 23.0. The fourth-order valence-corrected chi connectivity index (χ4v) is 3.43. The molecule has 2 aromatic carbocycles. The SMILES string of the molecule is CN(CCc1ccc(S(N)(=O)=O)cc1)C(=O)NCc1cccc(NC(=O)c2ccco2)c1. The standard InChI is InChI=1S/C22H24N4O5S/c1-26(12-11-16-7-9-19(10-8-16)32(23,29)30)22(28)24-15-17-4-2-5-18(14-17)25-21(27)20-6-3-13-31-20/h2-10,13-14H,11-12,15H2,1H3,(H,24,28)(H,25,27)(H2,23,29,30). The van der Waals surface area contributed by atoms with Crippen molar-refractivity contribution in [2.45, 2.75) is 17.9 Å². The van der Waals surface area contributed by atoms with Crippen LogP contribution in [0, 0.1) is 0 Å². The number of anilines is 1. The van der Waals surface area contributed by atoms with Crippen LogP contribution in [0.1, 0.15) is 21.7 Å². The van der Waals surface area contributed by atoms with E-state index in [0.29, 0.717) is 18.7 Å². The first-order valence-corrected chi connectivity index (χ1v) is 11.3. The third-order valence-corrected chi connectivity index (χ3v) is 5.64. The molecule has 3 amide bonds. The molecule has 0 fully saturated rings. The number of hydrogen-bond acceptors (Lipinski definition) is 5. The molecule has 4 N–H and O–H groups in total. The minimum atomic E-state index is -3.72. The Hall–Kier alpha value is -3.63. The highest BCUT2D eigenvalue weighted by atomic mass is 32.2. The summed E-state index contributed by atoms with van der Waals surface area (Å²) >= 11 is 0. The largest absolute Gasteiger partial charge is 0.459 e. The second-order valence-corrected chi connectivity index (χ2v) is 8.71. The van der Waals surface area contributed by atoms with Gasteiger partial charge in [0.2, 0.25) is 10.0 Å². The van der Waals surface area contributed by atoms with Gasteiger partial charge in [-0.1, -0.05) is 24.3 Å². The molecule has 0 bridgehead atoms. The third-order valence-electron chi connectivity index (χ3n) is 4.71. The van der Waals surface area contributed by atoms with Gasteiger partial charge in [-0.25, -0.2) is 18.4 Å². The molecule has 9 nitrogen and oxygen atoms in total. The summed E-state index contributed by atoms with van der Waals surface area (Å²) in [5, 5.41) is 10.7. The van der Waals surface area contributed by atoms with Crippen molar-refractivity contribution >= 4 is 27.6 Å². The molecule has 0 aliphatic rings. The van der Waals surface area contributed by atoms with Gasteiger partial charge in [0.15, 0.2) is 5.76 Å². The van der Waals surface area contributed by atoms with E-state index < -0.39 is 10.0 Å². The number of rotatable bonds is 8. The molecule has 0 saturated heterocycles. The maximum Gasteiger partial charge on any atom is 0.317 e. The molecule has 1 heterocycles. The van der Waals surface area contributed by atoms with Gasteiger partial charge in [-0.05, 0) is 53.9 Å². The van der Waals surface area contributed by atoms with E-state index >= 15 is 0 Å². The van der Waals surface area contributed by atoms with Crippen molar-refractivity contribution in [2.75, 3.05) is 18.9 Å². The average molecular weight is 457 g/mol. The van der Waals surface area contributed by atoms with E-state index in [9.17, 15) is 18.0 Å². The average Bonchev–Trinajstić information content (AvgIpc) is 3.31. The smallest absolute Gasteiger partial charge is 0.317 e. The summed E-state index contributed by atoms with van der Waals surface area (Å²) in [5.74, 6) is -0.141. The fourth-order valence-electron chi connectivity index (χ4n) is 2.92. The lowest BCUT2D eigenvalue weighted by molar-refractivity contribution is 0.0996. The molecule has 0 saturated carbocycles. The number of amides is 3. The zero-order valence-corrected chi connectivity index (χ0v) is 18.3. The van der Waals surface area contributed by atoms with Crippen LogP contribution in [0.25, 0.3) is 0 Å². The predicted octanol–water partition coefficient (Wildman–Crippen LogP) is 2.56. The van der Waals surface area contributed by atoms with Gasteiger partial charge in [-0.15, -0.1) is 0 Å². The van der Waals surface area contributed by atoms with Crippen molar-refractivity contribution < 1.29 is 22.4 Å². The fraction of sp³-hybridized carbons (Fsp3) is 0.182. The van der Waals surface area contributed by atoms with Crippen LogP contribution in [-0.2, 0) is 23.0 Å². The zero-order chi connectivity index (χ0) is 23.1. The van der Waals surface area contributed by atoms with Crippen LogP contribution in [0.15, 0.2) is 76.2 Å². The summed E-state index contributed by atoms with van der Waals surface area (Å²) < 4.78 is 27.7. The van der Waals surface area contributed by atoms with Crippen molar-refractivity contribution in [3.8, 4) is 0 Å². The van der Waals surface area contributed by atoms with Crippen LogP contribution in [0.4, 0.5) is 10.5 Å². The van der Waals surface area contributed by atoms with Crippen LogP contribution in [-0.4, -0.2) is 38.8 Å². The third kappa shape index (κ3) is 6.43. The van der Waals surface area contributed by atoms with Gasteiger partial charge < -0.3 is 20.0 Å². The molecule has 1 aromatic heterocycles. The molecular formula is C22H24N4O5S. The predicted molar refractivity (Wildman–Crippen MR) is 119 cm³/mol. The molecule has 10 heteroatoms. The molecule has 3 rings (SSSR count). The van der Waals surface area contributed by atoms with Crippen LogP contribution in [0.2, 0.25) is 0 Å². The Labute approximate surface area is 186 Å². The highest BCUT2D eigenvalue weighted by Gasteiger charge is 2.11. The number of carbonyl (C=O) groups is 2. The van der Waals surface area contributed by atoms with Crippen LogP contribution in [0.3, 0.4) is 0 Å². The molecule has 168 valence electrons. The minimum Gasteiger partial charge on any atom is -0.459 e. The van der Waals surface area contributed by atoms with Crippen LogP contribution < -0.4 is 15.8 Å². The molecule has 32 heavy (non-hydrogen) atoms. The summed E-state index contributed by atoms with van der Waals surface area (Å²) in [6.45, 7) is 0.733. The van der Waals surface area contributed by atoms with Gasteiger partial charge >= 0.3 is 6.03 Å². The van der Waals surface area contributed by atoms with Gasteiger partial charge in [0.25, 0.3) is 5.91 Å². The number of urea groups is 1. The lowest BCUT2D eigenvalue weighted by Gasteiger charge is -2.18. The van der Waals surface area contributed by atoms with E-state index in [1.165, 1.54) is 23.3 Å². The quantitative estimate of drug-likeness (QED) is 0.479. The first-order chi connectivity index (χ1) is 15.2. The van der Waals surface area contributed by atoms with Crippen LogP contribution in [0.5, 0.6) is 0 Å². The number of furan rings is 1. The lowest BCUT2D eigenvalue weighted by atomic mass is 10.1. The number of hydrogen-bond donors (Lipinski definition) is 3. The topological polar surface area (TPSA) is 135 Å². The molecule has 0 radical (unpaired) electrons. The maximum absolute atomic E-state index is 12.4. The van der Waals surface area contributed by atoms with Gasteiger partial charge in [0, 0.05) is 25.8 Å².